The molecule has 0 unspecified atom stereocenters. The molecule has 0 saturated heterocycles. The Bertz CT molecular complexity index is 1290. The number of amides is 1. The molecule has 1 amide bonds. The Labute approximate surface area is 180 Å². The second-order valence-corrected chi connectivity index (χ2v) is 10.00. The number of anilines is 1. The third-order valence-electron chi connectivity index (χ3n) is 4.94. The number of nitrogens with zero attached hydrogens (tertiary/aromatic N) is 3. The van der Waals surface area contributed by atoms with Crippen LogP contribution in [0.25, 0.3) is 17.0 Å². The average Bonchev–Trinajstić information content (AvgIpc) is 3.19. The van der Waals surface area contributed by atoms with Gasteiger partial charge in [0.1, 0.15) is 0 Å². The maximum Gasteiger partial charge on any atom is 0.234 e. The molecule has 1 N–H and O–H groups in total. The second kappa shape index (κ2) is 8.31. The van der Waals surface area contributed by atoms with E-state index in [-0.39, 0.29) is 17.2 Å². The molecule has 0 spiro atoms. The molecule has 0 aliphatic carbocycles. The fraction of sp³-hybridized carbons (Fsp3) is 0.174. The molecular weight excluding hydrogens is 412 g/mol. The first-order chi connectivity index (χ1) is 14.8. The van der Waals surface area contributed by atoms with E-state index < -0.39 is 15.1 Å². The van der Waals surface area contributed by atoms with Crippen molar-refractivity contribution in [3.8, 4) is 11.3 Å². The molecule has 2 heterocycles. The number of nitrogens with one attached hydrogen (secondary N) is 1. The minimum Gasteiger partial charge on any atom is -0.326 e. The molecule has 7 nitrogen and oxygen atoms in total. The minimum atomic E-state index is -3.32. The summed E-state index contributed by atoms with van der Waals surface area (Å²) in [6, 6.07) is 15.7. The molecule has 2 aromatic carbocycles. The molecule has 0 bridgehead atoms. The molecule has 0 saturated carbocycles. The van der Waals surface area contributed by atoms with Gasteiger partial charge in [-0.25, -0.2) is 18.4 Å². The van der Waals surface area contributed by atoms with E-state index in [0.717, 1.165) is 16.8 Å². The number of imidazole rings is 1. The summed E-state index contributed by atoms with van der Waals surface area (Å²) in [5.41, 5.74) is 3.14. The summed E-state index contributed by atoms with van der Waals surface area (Å²) in [7, 11) is -3.32. The van der Waals surface area contributed by atoms with Crippen LogP contribution in [0.2, 0.25) is 0 Å². The zero-order chi connectivity index (χ0) is 22.0. The monoisotopic (exact) mass is 434 g/mol. The summed E-state index contributed by atoms with van der Waals surface area (Å²) < 4.78 is 26.2. The van der Waals surface area contributed by atoms with Crippen LogP contribution in [0.15, 0.2) is 78.1 Å². The van der Waals surface area contributed by atoms with Crippen molar-refractivity contribution in [1.29, 1.82) is 0 Å². The topological polar surface area (TPSA) is 93.4 Å². The fourth-order valence-electron chi connectivity index (χ4n) is 3.15. The molecule has 8 heteroatoms. The Morgan fingerprint density at radius 3 is 2.42 bits per heavy atom. The maximum absolute atomic E-state index is 12.4. The van der Waals surface area contributed by atoms with E-state index in [1.807, 2.05) is 47.1 Å². The summed E-state index contributed by atoms with van der Waals surface area (Å²) in [6.45, 7) is 3.29. The Hall–Kier alpha value is -3.52. The summed E-state index contributed by atoms with van der Waals surface area (Å²) >= 11 is 0. The van der Waals surface area contributed by atoms with E-state index in [0.29, 0.717) is 11.5 Å². The number of benzene rings is 2. The van der Waals surface area contributed by atoms with Gasteiger partial charge in [0.05, 0.1) is 22.3 Å². The van der Waals surface area contributed by atoms with Gasteiger partial charge in [0.2, 0.25) is 11.7 Å². The van der Waals surface area contributed by atoms with Crippen molar-refractivity contribution in [3.63, 3.8) is 0 Å². The zero-order valence-corrected chi connectivity index (χ0v) is 18.0. The molecule has 0 fully saturated rings. The Morgan fingerprint density at radius 2 is 1.77 bits per heavy atom. The van der Waals surface area contributed by atoms with E-state index in [4.69, 9.17) is 0 Å². The standard InChI is InChI=1S/C23H22N4O3S/c1-16(2)31(29,30)20-10-4-17(5-11-20)14-22(28)25-19-8-6-18(7-9-19)21-15-27-13-3-12-24-23(27)26-21/h3-13,15-16H,14H2,1-2H3,(H,25,28). The average molecular weight is 435 g/mol. The van der Waals surface area contributed by atoms with Crippen LogP contribution in [-0.4, -0.2) is 33.9 Å². The first-order valence-corrected chi connectivity index (χ1v) is 11.4. The lowest BCUT2D eigenvalue weighted by molar-refractivity contribution is -0.115. The molecule has 2 aromatic heterocycles. The van der Waals surface area contributed by atoms with Gasteiger partial charge in [-0.1, -0.05) is 24.3 Å². The van der Waals surface area contributed by atoms with Gasteiger partial charge in [0.15, 0.2) is 9.84 Å². The van der Waals surface area contributed by atoms with E-state index in [2.05, 4.69) is 15.3 Å². The Morgan fingerprint density at radius 1 is 1.06 bits per heavy atom. The second-order valence-electron chi connectivity index (χ2n) is 7.49. The number of carbonyl (C=O) groups excluding carboxylic acids is 1. The van der Waals surface area contributed by atoms with Crippen molar-refractivity contribution in [2.75, 3.05) is 5.32 Å². The number of carbonyl (C=O) groups is 1. The predicted octanol–water partition coefficient (Wildman–Crippen LogP) is 3.76. The van der Waals surface area contributed by atoms with E-state index in [1.165, 1.54) is 0 Å². The van der Waals surface area contributed by atoms with Crippen molar-refractivity contribution in [1.82, 2.24) is 14.4 Å². The molecule has 158 valence electrons. The van der Waals surface area contributed by atoms with E-state index in [1.54, 1.807) is 44.3 Å². The van der Waals surface area contributed by atoms with Gasteiger partial charge < -0.3 is 5.32 Å². The number of aromatic nitrogens is 3. The molecule has 4 aromatic rings. The molecule has 4 rings (SSSR count). The third-order valence-corrected chi connectivity index (χ3v) is 7.11. The lowest BCUT2D eigenvalue weighted by atomic mass is 10.1. The summed E-state index contributed by atoms with van der Waals surface area (Å²) in [4.78, 5) is 21.4. The van der Waals surface area contributed by atoms with Gasteiger partial charge >= 0.3 is 0 Å². The first kappa shape index (κ1) is 20.7. The minimum absolute atomic E-state index is 0.155. The SMILES string of the molecule is CC(C)S(=O)(=O)c1ccc(CC(=O)Nc2ccc(-c3cn4cccnc4n3)cc2)cc1. The van der Waals surface area contributed by atoms with Gasteiger partial charge in [-0.15, -0.1) is 0 Å². The van der Waals surface area contributed by atoms with Crippen molar-refractivity contribution >= 4 is 27.2 Å². The quantitative estimate of drug-likeness (QED) is 0.499. The highest BCUT2D eigenvalue weighted by Gasteiger charge is 2.18. The van der Waals surface area contributed by atoms with Crippen LogP contribution in [0, 0.1) is 0 Å². The Kier molecular flexibility index (Phi) is 5.56. The lowest BCUT2D eigenvalue weighted by Crippen LogP contribution is -2.15. The van der Waals surface area contributed by atoms with Gasteiger partial charge in [-0.3, -0.25) is 9.20 Å². The number of rotatable bonds is 6. The van der Waals surface area contributed by atoms with Crippen LogP contribution in [0.1, 0.15) is 19.4 Å². The maximum atomic E-state index is 12.4. The number of fused-ring (bicyclic) bond motifs is 1. The van der Waals surface area contributed by atoms with Crippen molar-refractivity contribution in [2.24, 2.45) is 0 Å². The largest absolute Gasteiger partial charge is 0.326 e. The summed E-state index contributed by atoms with van der Waals surface area (Å²) in [5.74, 6) is 0.450. The molecule has 0 aliphatic rings. The molecule has 0 atom stereocenters. The molecule has 0 aliphatic heterocycles. The molecule has 31 heavy (non-hydrogen) atoms. The van der Waals surface area contributed by atoms with Crippen LogP contribution in [0.5, 0.6) is 0 Å². The van der Waals surface area contributed by atoms with Crippen molar-refractivity contribution < 1.29 is 13.2 Å². The summed E-state index contributed by atoms with van der Waals surface area (Å²) in [5, 5.41) is 2.38. The number of sulfone groups is 1. The highest BCUT2D eigenvalue weighted by Crippen LogP contribution is 2.21. The van der Waals surface area contributed by atoms with E-state index >= 15 is 0 Å². The summed E-state index contributed by atoms with van der Waals surface area (Å²) in [6.07, 6.45) is 5.64. The Balaban J connectivity index is 1.41. The molecule has 0 radical (unpaired) electrons. The van der Waals surface area contributed by atoms with Crippen molar-refractivity contribution in [3.05, 3.63) is 78.8 Å². The zero-order valence-electron chi connectivity index (χ0n) is 17.2. The van der Waals surface area contributed by atoms with Crippen molar-refractivity contribution in [2.45, 2.75) is 30.4 Å². The van der Waals surface area contributed by atoms with Crippen LogP contribution < -0.4 is 5.32 Å². The van der Waals surface area contributed by atoms with Gasteiger partial charge in [-0.05, 0) is 49.7 Å². The van der Waals surface area contributed by atoms with E-state index in [9.17, 15) is 13.2 Å². The lowest BCUT2D eigenvalue weighted by Gasteiger charge is -2.09. The van der Waals surface area contributed by atoms with Crippen LogP contribution >= 0.6 is 0 Å². The van der Waals surface area contributed by atoms with Gasteiger partial charge in [-0.2, -0.15) is 0 Å². The number of hydrogen-bond acceptors (Lipinski definition) is 5. The fourth-order valence-corrected chi connectivity index (χ4v) is 4.21. The normalized spacial score (nSPS) is 11.7. The van der Waals surface area contributed by atoms with Crippen LogP contribution in [-0.2, 0) is 21.1 Å². The smallest absolute Gasteiger partial charge is 0.234 e. The van der Waals surface area contributed by atoms with Crippen LogP contribution in [0.4, 0.5) is 5.69 Å². The molecular formula is C23H22N4O3S. The first-order valence-electron chi connectivity index (χ1n) is 9.86. The van der Waals surface area contributed by atoms with Crippen LogP contribution in [0.3, 0.4) is 0 Å². The van der Waals surface area contributed by atoms with Gasteiger partial charge in [0.25, 0.3) is 0 Å². The highest BCUT2D eigenvalue weighted by atomic mass is 32.2. The van der Waals surface area contributed by atoms with Gasteiger partial charge in [0, 0.05) is 29.8 Å². The third kappa shape index (κ3) is 4.49. The number of hydrogen-bond donors (Lipinski definition) is 1. The highest BCUT2D eigenvalue weighted by molar-refractivity contribution is 7.92. The predicted molar refractivity (Wildman–Crippen MR) is 120 cm³/mol.